The van der Waals surface area contributed by atoms with E-state index in [-0.39, 0.29) is 5.78 Å². The minimum Gasteiger partial charge on any atom is -0.489 e. The zero-order valence-corrected chi connectivity index (χ0v) is 11.6. The molecule has 0 saturated carbocycles. The number of ketones is 1. The van der Waals surface area contributed by atoms with Crippen molar-refractivity contribution in [3.8, 4) is 5.75 Å². The van der Waals surface area contributed by atoms with Gasteiger partial charge in [0, 0.05) is 11.1 Å². The molecule has 20 heavy (non-hydrogen) atoms. The normalized spacial score (nSPS) is 10.1. The average molecular weight is 266 g/mol. The molecule has 0 atom stereocenters. The van der Waals surface area contributed by atoms with E-state index >= 15 is 0 Å². The van der Waals surface area contributed by atoms with Crippen molar-refractivity contribution in [3.63, 3.8) is 0 Å². The molecule has 0 spiro atoms. The Hall–Kier alpha value is -2.35. The smallest absolute Gasteiger partial charge is 0.193 e. The largest absolute Gasteiger partial charge is 0.489 e. The molecule has 0 radical (unpaired) electrons. The molecule has 2 aromatic rings. The quantitative estimate of drug-likeness (QED) is 0.576. The Morgan fingerprint density at radius 2 is 1.60 bits per heavy atom. The summed E-state index contributed by atoms with van der Waals surface area (Å²) in [5.74, 6) is 0.777. The molecule has 0 bridgehead atoms. The second-order valence-electron chi connectivity index (χ2n) is 4.61. The maximum atomic E-state index is 12.2. The van der Waals surface area contributed by atoms with Crippen LogP contribution in [0.4, 0.5) is 0 Å². The number of ether oxygens (including phenoxy) is 1. The number of hydrogen-bond donors (Lipinski definition) is 0. The molecule has 0 aliphatic rings. The van der Waals surface area contributed by atoms with Crippen LogP contribution >= 0.6 is 0 Å². The Kier molecular flexibility index (Phi) is 4.72. The Labute approximate surface area is 119 Å². The first kappa shape index (κ1) is 14.1. The van der Waals surface area contributed by atoms with Crippen LogP contribution in [0, 0.1) is 0 Å². The monoisotopic (exact) mass is 266 g/mol. The van der Waals surface area contributed by atoms with Gasteiger partial charge in [-0.25, -0.2) is 0 Å². The summed E-state index contributed by atoms with van der Waals surface area (Å²) in [6, 6.07) is 16.5. The first-order valence-corrected chi connectivity index (χ1v) is 6.70. The zero-order valence-electron chi connectivity index (χ0n) is 11.6. The van der Waals surface area contributed by atoms with Crippen molar-refractivity contribution >= 4 is 5.78 Å². The summed E-state index contributed by atoms with van der Waals surface area (Å²) in [4.78, 5) is 12.2. The summed E-state index contributed by atoms with van der Waals surface area (Å²) < 4.78 is 5.59. The molecular formula is C18H18O2. The maximum absolute atomic E-state index is 12.2. The molecular weight excluding hydrogens is 248 g/mol. The molecule has 0 N–H and O–H groups in total. The van der Waals surface area contributed by atoms with Gasteiger partial charge in [0.25, 0.3) is 0 Å². The highest BCUT2D eigenvalue weighted by Crippen LogP contribution is 2.16. The number of rotatable bonds is 6. The van der Waals surface area contributed by atoms with Crippen molar-refractivity contribution in [1.29, 1.82) is 0 Å². The number of carbonyl (C=O) groups excluding carboxylic acids is 1. The zero-order chi connectivity index (χ0) is 14.4. The molecule has 0 aromatic heterocycles. The van der Waals surface area contributed by atoms with Crippen LogP contribution in [-0.2, 0) is 0 Å². The summed E-state index contributed by atoms with van der Waals surface area (Å²) in [5.41, 5.74) is 2.41. The van der Waals surface area contributed by atoms with E-state index in [1.54, 1.807) is 12.1 Å². The van der Waals surface area contributed by atoms with Gasteiger partial charge in [0.2, 0.25) is 0 Å². The van der Waals surface area contributed by atoms with E-state index in [0.29, 0.717) is 17.7 Å². The standard InChI is InChI=1S/C18H18O2/c1-3-14(2)13-20-17-11-9-16(10-12-17)18(19)15-7-5-4-6-8-15/h4-12H,2-3,13H2,1H3. The predicted molar refractivity (Wildman–Crippen MR) is 81.2 cm³/mol. The van der Waals surface area contributed by atoms with Gasteiger partial charge in [0.1, 0.15) is 12.4 Å². The molecule has 102 valence electrons. The lowest BCUT2D eigenvalue weighted by Gasteiger charge is -2.08. The molecule has 2 rings (SSSR count). The van der Waals surface area contributed by atoms with Crippen molar-refractivity contribution in [2.75, 3.05) is 6.61 Å². The lowest BCUT2D eigenvalue weighted by atomic mass is 10.0. The van der Waals surface area contributed by atoms with E-state index in [1.807, 2.05) is 49.4 Å². The van der Waals surface area contributed by atoms with Crippen molar-refractivity contribution in [2.24, 2.45) is 0 Å². The highest BCUT2D eigenvalue weighted by Gasteiger charge is 2.08. The second-order valence-corrected chi connectivity index (χ2v) is 4.61. The van der Waals surface area contributed by atoms with Gasteiger partial charge in [-0.05, 0) is 36.3 Å². The highest BCUT2D eigenvalue weighted by molar-refractivity contribution is 6.08. The third-order valence-electron chi connectivity index (χ3n) is 3.10. The van der Waals surface area contributed by atoms with E-state index < -0.39 is 0 Å². The fourth-order valence-electron chi connectivity index (χ4n) is 1.75. The van der Waals surface area contributed by atoms with Gasteiger partial charge < -0.3 is 4.74 Å². The molecule has 0 amide bonds. The lowest BCUT2D eigenvalue weighted by Crippen LogP contribution is -2.02. The summed E-state index contributed by atoms with van der Waals surface area (Å²) in [5, 5.41) is 0. The van der Waals surface area contributed by atoms with E-state index in [0.717, 1.165) is 17.7 Å². The molecule has 2 heteroatoms. The Bertz CT molecular complexity index is 583. The second kappa shape index (κ2) is 6.71. The summed E-state index contributed by atoms with van der Waals surface area (Å²) >= 11 is 0. The Balaban J connectivity index is 2.05. The fraction of sp³-hybridized carbons (Fsp3) is 0.167. The van der Waals surface area contributed by atoms with Gasteiger partial charge >= 0.3 is 0 Å². The van der Waals surface area contributed by atoms with Crippen molar-refractivity contribution < 1.29 is 9.53 Å². The van der Waals surface area contributed by atoms with E-state index in [2.05, 4.69) is 6.58 Å². The third kappa shape index (κ3) is 3.58. The minimum atomic E-state index is 0.0233. The van der Waals surface area contributed by atoms with Gasteiger partial charge in [-0.3, -0.25) is 4.79 Å². The molecule has 2 nitrogen and oxygen atoms in total. The van der Waals surface area contributed by atoms with Crippen LogP contribution in [0.1, 0.15) is 29.3 Å². The van der Waals surface area contributed by atoms with Crippen LogP contribution in [0.5, 0.6) is 5.75 Å². The van der Waals surface area contributed by atoms with Crippen molar-refractivity contribution in [3.05, 3.63) is 77.9 Å². The highest BCUT2D eigenvalue weighted by atomic mass is 16.5. The van der Waals surface area contributed by atoms with Gasteiger partial charge in [0.15, 0.2) is 5.78 Å². The predicted octanol–water partition coefficient (Wildman–Crippen LogP) is 4.26. The summed E-state index contributed by atoms with van der Waals surface area (Å²) in [6.45, 7) is 6.46. The molecule has 0 aliphatic heterocycles. The van der Waals surface area contributed by atoms with Crippen LogP contribution < -0.4 is 4.74 Å². The molecule has 2 aromatic carbocycles. The van der Waals surface area contributed by atoms with Crippen LogP contribution in [0.15, 0.2) is 66.7 Å². The third-order valence-corrected chi connectivity index (χ3v) is 3.10. The SMILES string of the molecule is C=C(CC)COc1ccc(C(=O)c2ccccc2)cc1. The number of benzene rings is 2. The van der Waals surface area contributed by atoms with Crippen molar-refractivity contribution in [2.45, 2.75) is 13.3 Å². The molecule has 0 fully saturated rings. The molecule has 0 heterocycles. The van der Waals surface area contributed by atoms with Gasteiger partial charge in [0.05, 0.1) is 0 Å². The Morgan fingerprint density at radius 1 is 1.00 bits per heavy atom. The lowest BCUT2D eigenvalue weighted by molar-refractivity contribution is 0.103. The minimum absolute atomic E-state index is 0.0233. The van der Waals surface area contributed by atoms with Crippen molar-refractivity contribution in [1.82, 2.24) is 0 Å². The average Bonchev–Trinajstić information content (AvgIpc) is 2.53. The molecule has 0 saturated heterocycles. The maximum Gasteiger partial charge on any atom is 0.193 e. The van der Waals surface area contributed by atoms with Crippen LogP contribution in [-0.4, -0.2) is 12.4 Å². The first-order valence-electron chi connectivity index (χ1n) is 6.70. The van der Waals surface area contributed by atoms with Gasteiger partial charge in [-0.15, -0.1) is 0 Å². The molecule has 0 unspecified atom stereocenters. The topological polar surface area (TPSA) is 26.3 Å². The van der Waals surface area contributed by atoms with E-state index in [9.17, 15) is 4.79 Å². The molecule has 0 aliphatic carbocycles. The van der Waals surface area contributed by atoms with E-state index in [1.165, 1.54) is 0 Å². The van der Waals surface area contributed by atoms with Crippen LogP contribution in [0.2, 0.25) is 0 Å². The number of carbonyl (C=O) groups is 1. The van der Waals surface area contributed by atoms with Gasteiger partial charge in [-0.2, -0.15) is 0 Å². The van der Waals surface area contributed by atoms with Crippen LogP contribution in [0.25, 0.3) is 0 Å². The number of hydrogen-bond acceptors (Lipinski definition) is 2. The summed E-state index contributed by atoms with van der Waals surface area (Å²) in [7, 11) is 0. The fourth-order valence-corrected chi connectivity index (χ4v) is 1.75. The first-order chi connectivity index (χ1) is 9.70. The summed E-state index contributed by atoms with van der Waals surface area (Å²) in [6.07, 6.45) is 0.907. The van der Waals surface area contributed by atoms with Crippen LogP contribution in [0.3, 0.4) is 0 Å². The Morgan fingerprint density at radius 3 is 2.20 bits per heavy atom. The van der Waals surface area contributed by atoms with Gasteiger partial charge in [-0.1, -0.05) is 43.8 Å². The van der Waals surface area contributed by atoms with E-state index in [4.69, 9.17) is 4.74 Å².